The van der Waals surface area contributed by atoms with Crippen molar-refractivity contribution < 1.29 is 19.8 Å². The molecule has 2 unspecified atom stereocenters. The molecule has 6 nitrogen and oxygen atoms in total. The van der Waals surface area contributed by atoms with Crippen LogP contribution in [0.4, 0.5) is 0 Å². The third-order valence-corrected chi connectivity index (χ3v) is 6.94. The van der Waals surface area contributed by atoms with Crippen LogP contribution in [0.1, 0.15) is 24.4 Å². The predicted molar refractivity (Wildman–Crippen MR) is 87.8 cm³/mol. The summed E-state index contributed by atoms with van der Waals surface area (Å²) in [5.74, 6) is -1.33. The van der Waals surface area contributed by atoms with Crippen LogP contribution in [0.3, 0.4) is 0 Å². The molecule has 1 fully saturated rings. The highest BCUT2D eigenvalue weighted by Gasteiger charge is 2.59. The molecule has 0 bridgehead atoms. The van der Waals surface area contributed by atoms with Gasteiger partial charge in [0.15, 0.2) is 0 Å². The van der Waals surface area contributed by atoms with Gasteiger partial charge in [0.2, 0.25) is 5.91 Å². The number of aryl methyl sites for hydroxylation is 1. The van der Waals surface area contributed by atoms with Crippen molar-refractivity contribution in [3.8, 4) is 0 Å². The van der Waals surface area contributed by atoms with E-state index in [0.717, 1.165) is 10.6 Å². The Balaban J connectivity index is 1.87. The minimum absolute atomic E-state index is 0.0802. The van der Waals surface area contributed by atoms with Crippen molar-refractivity contribution in [2.45, 2.75) is 38.7 Å². The fourth-order valence-corrected chi connectivity index (χ4v) is 5.55. The minimum atomic E-state index is -1.08. The Morgan fingerprint density at radius 2 is 2.26 bits per heavy atom. The minimum Gasteiger partial charge on any atom is -0.477 e. The van der Waals surface area contributed by atoms with Crippen LogP contribution in [0.25, 0.3) is 0 Å². The molecule has 2 aliphatic rings. The van der Waals surface area contributed by atoms with E-state index in [1.807, 2.05) is 13.8 Å². The van der Waals surface area contributed by atoms with Crippen molar-refractivity contribution in [3.05, 3.63) is 26.7 Å². The highest BCUT2D eigenvalue weighted by atomic mass is 32.2. The van der Waals surface area contributed by atoms with E-state index in [2.05, 4.69) is 4.98 Å². The second kappa shape index (κ2) is 5.92. The quantitative estimate of drug-likeness (QED) is 0.784. The second-order valence-corrected chi connectivity index (χ2v) is 7.88. The number of carbonyl (C=O) groups is 2. The number of thiazole rings is 1. The van der Waals surface area contributed by atoms with Crippen molar-refractivity contribution in [1.29, 1.82) is 0 Å². The van der Waals surface area contributed by atoms with Crippen LogP contribution in [0.5, 0.6) is 0 Å². The number of amides is 1. The molecule has 0 spiro atoms. The van der Waals surface area contributed by atoms with E-state index in [9.17, 15) is 19.8 Å². The van der Waals surface area contributed by atoms with Gasteiger partial charge in [-0.05, 0) is 13.8 Å². The Labute approximate surface area is 142 Å². The zero-order valence-electron chi connectivity index (χ0n) is 13.0. The molecule has 3 heterocycles. The summed E-state index contributed by atoms with van der Waals surface area (Å²) in [6.45, 7) is 5.44. The average Bonchev–Trinajstić information content (AvgIpc) is 2.97. The Morgan fingerprint density at radius 3 is 2.78 bits per heavy atom. The summed E-state index contributed by atoms with van der Waals surface area (Å²) in [7, 11) is 0. The number of hydrogen-bond acceptors (Lipinski definition) is 6. The number of β-lactam (4-membered cyclic amide) rings is 1. The van der Waals surface area contributed by atoms with Gasteiger partial charge in [0.1, 0.15) is 5.70 Å². The van der Waals surface area contributed by atoms with E-state index in [4.69, 9.17) is 0 Å². The van der Waals surface area contributed by atoms with Crippen LogP contribution in [-0.2, 0) is 15.3 Å². The third kappa shape index (κ3) is 2.49. The molecule has 0 radical (unpaired) electrons. The molecule has 2 aliphatic heterocycles. The number of rotatable bonds is 5. The first-order chi connectivity index (χ1) is 10.8. The van der Waals surface area contributed by atoms with E-state index in [0.29, 0.717) is 10.7 Å². The van der Waals surface area contributed by atoms with Crippen LogP contribution in [0.15, 0.2) is 16.1 Å². The van der Waals surface area contributed by atoms with Crippen molar-refractivity contribution in [2.24, 2.45) is 11.8 Å². The molecule has 124 valence electrons. The van der Waals surface area contributed by atoms with Crippen LogP contribution >= 0.6 is 23.1 Å². The number of aliphatic hydroxyl groups excluding tert-OH is 1. The molecule has 4 atom stereocenters. The summed E-state index contributed by atoms with van der Waals surface area (Å²) in [6.07, 6.45) is -0.769. The number of fused-ring (bicyclic) bond motifs is 1. The van der Waals surface area contributed by atoms with Crippen LogP contribution in [0.2, 0.25) is 0 Å². The Hall–Kier alpha value is -1.38. The fourth-order valence-electron chi connectivity index (χ4n) is 3.32. The van der Waals surface area contributed by atoms with Gasteiger partial charge in [-0.15, -0.1) is 23.1 Å². The van der Waals surface area contributed by atoms with Crippen molar-refractivity contribution in [3.63, 3.8) is 0 Å². The molecule has 23 heavy (non-hydrogen) atoms. The molecule has 1 amide bonds. The molecule has 0 saturated carbocycles. The summed E-state index contributed by atoms with van der Waals surface area (Å²) in [4.78, 5) is 31.3. The summed E-state index contributed by atoms with van der Waals surface area (Å²) in [5.41, 5.74) is 2.80. The number of aromatic nitrogens is 1. The van der Waals surface area contributed by atoms with Crippen molar-refractivity contribution >= 4 is 35.0 Å². The van der Waals surface area contributed by atoms with Gasteiger partial charge in [0, 0.05) is 21.5 Å². The summed E-state index contributed by atoms with van der Waals surface area (Å²) in [5, 5.41) is 19.3. The van der Waals surface area contributed by atoms with Gasteiger partial charge in [0.05, 0.1) is 29.3 Å². The number of aliphatic carboxylic acids is 1. The molecule has 2 N–H and O–H groups in total. The molecule has 1 aromatic heterocycles. The first-order valence-electron chi connectivity index (χ1n) is 7.35. The molecule has 1 saturated heterocycles. The van der Waals surface area contributed by atoms with E-state index >= 15 is 0 Å². The number of carbonyl (C=O) groups excluding carboxylic acids is 1. The number of thioether (sulfide) groups is 1. The number of carboxylic acid groups (broad SMARTS) is 1. The zero-order chi connectivity index (χ0) is 16.9. The lowest BCUT2D eigenvalue weighted by atomic mass is 9.79. The summed E-state index contributed by atoms with van der Waals surface area (Å²) >= 11 is 3.00. The first kappa shape index (κ1) is 16.5. The molecular weight excluding hydrogens is 336 g/mol. The standard InChI is InChI=1S/C15H18N2O4S2/c1-6-11-10(8(3)18)14(19)17(11)12(15(20)21)13(6)22-4-9-7(2)16-5-23-9/h5-6,8,10-11,18H,4H2,1-3H3,(H,20,21)/t6-,8-,10?,11?/m1/s1. The SMILES string of the molecule is Cc1ncsc1CSC1=C(C(=O)O)N2C(=O)C([C@@H](C)O)C2[C@H]1C. The van der Waals surface area contributed by atoms with Gasteiger partial charge in [-0.2, -0.15) is 0 Å². The molecule has 0 aliphatic carbocycles. The van der Waals surface area contributed by atoms with Gasteiger partial charge >= 0.3 is 5.97 Å². The highest BCUT2D eigenvalue weighted by molar-refractivity contribution is 8.02. The lowest BCUT2D eigenvalue weighted by Crippen LogP contribution is -2.63. The summed E-state index contributed by atoms with van der Waals surface area (Å²) in [6, 6.07) is -0.251. The van der Waals surface area contributed by atoms with Crippen LogP contribution in [0, 0.1) is 18.8 Å². The van der Waals surface area contributed by atoms with Gasteiger partial charge in [-0.1, -0.05) is 6.92 Å². The maximum absolute atomic E-state index is 12.2. The van der Waals surface area contributed by atoms with E-state index < -0.39 is 18.0 Å². The highest BCUT2D eigenvalue weighted by Crippen LogP contribution is 2.51. The Morgan fingerprint density at radius 1 is 1.57 bits per heavy atom. The monoisotopic (exact) mass is 354 g/mol. The lowest BCUT2D eigenvalue weighted by Gasteiger charge is -2.46. The normalized spacial score (nSPS) is 27.9. The smallest absolute Gasteiger partial charge is 0.353 e. The molecule has 1 aromatic rings. The number of aliphatic hydroxyl groups is 1. The number of hydrogen-bond donors (Lipinski definition) is 2. The molecule has 0 aromatic carbocycles. The lowest BCUT2D eigenvalue weighted by molar-refractivity contribution is -0.163. The van der Waals surface area contributed by atoms with Gasteiger partial charge in [-0.25, -0.2) is 9.78 Å². The van der Waals surface area contributed by atoms with Crippen molar-refractivity contribution in [2.75, 3.05) is 0 Å². The van der Waals surface area contributed by atoms with E-state index in [-0.39, 0.29) is 23.6 Å². The average molecular weight is 354 g/mol. The van der Waals surface area contributed by atoms with Crippen molar-refractivity contribution in [1.82, 2.24) is 9.88 Å². The van der Waals surface area contributed by atoms with Gasteiger partial charge in [-0.3, -0.25) is 4.79 Å². The van der Waals surface area contributed by atoms with E-state index in [1.165, 1.54) is 16.7 Å². The fraction of sp³-hybridized carbons (Fsp3) is 0.533. The predicted octanol–water partition coefficient (Wildman–Crippen LogP) is 1.84. The van der Waals surface area contributed by atoms with E-state index in [1.54, 1.807) is 23.8 Å². The maximum atomic E-state index is 12.2. The molecule has 8 heteroatoms. The summed E-state index contributed by atoms with van der Waals surface area (Å²) < 4.78 is 0. The third-order valence-electron chi connectivity index (χ3n) is 4.51. The largest absolute Gasteiger partial charge is 0.477 e. The van der Waals surface area contributed by atoms with Crippen LogP contribution < -0.4 is 0 Å². The maximum Gasteiger partial charge on any atom is 0.353 e. The Kier molecular flexibility index (Phi) is 4.24. The molecule has 3 rings (SSSR count). The van der Waals surface area contributed by atoms with Gasteiger partial charge in [0.25, 0.3) is 0 Å². The zero-order valence-corrected chi connectivity index (χ0v) is 14.6. The second-order valence-electron chi connectivity index (χ2n) is 5.92. The van der Waals surface area contributed by atoms with Crippen LogP contribution in [-0.4, -0.2) is 44.1 Å². The Bertz CT molecular complexity index is 697. The first-order valence-corrected chi connectivity index (χ1v) is 9.21. The van der Waals surface area contributed by atoms with Gasteiger partial charge < -0.3 is 15.1 Å². The molecular formula is C15H18N2O4S2. The number of nitrogens with zero attached hydrogens (tertiary/aromatic N) is 2. The topological polar surface area (TPSA) is 90.7 Å². The number of carboxylic acids is 1.